The van der Waals surface area contributed by atoms with Gasteiger partial charge in [0.1, 0.15) is 0 Å². The van der Waals surface area contributed by atoms with Gasteiger partial charge in [0.2, 0.25) is 5.95 Å². The Bertz CT molecular complexity index is 616. The Morgan fingerprint density at radius 3 is 3.05 bits per heavy atom. The number of nitrogens with zero attached hydrogens (tertiary/aromatic N) is 2. The average molecular weight is 293 g/mol. The average Bonchev–Trinajstić information content (AvgIpc) is 3.02. The topological polar surface area (TPSA) is 55.9 Å². The van der Waals surface area contributed by atoms with Crippen LogP contribution in [-0.4, -0.2) is 22.1 Å². The van der Waals surface area contributed by atoms with Gasteiger partial charge in [-0.15, -0.1) is 12.4 Å². The molecule has 3 N–H and O–H groups in total. The highest BCUT2D eigenvalue weighted by atomic mass is 35.5. The molecule has 2 aliphatic heterocycles. The zero-order valence-electron chi connectivity index (χ0n) is 11.5. The highest BCUT2D eigenvalue weighted by Gasteiger charge is 2.27. The van der Waals surface area contributed by atoms with Crippen LogP contribution in [0.5, 0.6) is 0 Å². The van der Waals surface area contributed by atoms with Crippen molar-refractivity contribution < 1.29 is 0 Å². The summed E-state index contributed by atoms with van der Waals surface area (Å²) in [7, 11) is 0. The van der Waals surface area contributed by atoms with Crippen LogP contribution >= 0.6 is 12.4 Å². The number of hydrogen-bond donors (Lipinski definition) is 2. The van der Waals surface area contributed by atoms with Crippen molar-refractivity contribution in [2.24, 2.45) is 0 Å². The van der Waals surface area contributed by atoms with Gasteiger partial charge in [-0.1, -0.05) is 12.1 Å². The molecule has 1 aromatic heterocycles. The van der Waals surface area contributed by atoms with Gasteiger partial charge in [-0.3, -0.25) is 0 Å². The first kappa shape index (κ1) is 13.7. The molecule has 2 unspecified atom stereocenters. The minimum Gasteiger partial charge on any atom is -0.369 e. The number of para-hydroxylation sites is 1. The summed E-state index contributed by atoms with van der Waals surface area (Å²) >= 11 is 0. The molecule has 0 radical (unpaired) electrons. The van der Waals surface area contributed by atoms with E-state index in [1.54, 1.807) is 0 Å². The summed E-state index contributed by atoms with van der Waals surface area (Å²) in [5, 5.41) is 3.60. The van der Waals surface area contributed by atoms with E-state index in [2.05, 4.69) is 33.1 Å². The first-order valence-electron chi connectivity index (χ1n) is 7.31. The van der Waals surface area contributed by atoms with Crippen LogP contribution in [0.4, 0.5) is 5.95 Å². The minimum absolute atomic E-state index is 0. The largest absolute Gasteiger partial charge is 0.369 e. The van der Waals surface area contributed by atoms with Crippen molar-refractivity contribution in [1.29, 1.82) is 0 Å². The van der Waals surface area contributed by atoms with Gasteiger partial charge in [0.25, 0.3) is 0 Å². The number of hydrogen-bond acceptors (Lipinski definition) is 3. The van der Waals surface area contributed by atoms with Crippen molar-refractivity contribution in [1.82, 2.24) is 14.9 Å². The molecule has 1 saturated heterocycles. The van der Waals surface area contributed by atoms with Crippen molar-refractivity contribution >= 4 is 29.4 Å². The second-order valence-corrected chi connectivity index (χ2v) is 5.85. The third-order valence-electron chi connectivity index (χ3n) is 4.65. The summed E-state index contributed by atoms with van der Waals surface area (Å²) in [6.07, 6.45) is 6.13. The minimum atomic E-state index is 0. The standard InChI is InChI=1S/C15H20N4.ClH/c16-15-18-13-5-1-3-10-6-7-12(19(15)14(10)13)9-11-4-2-8-17-11;/h1,3,5,11-12,17H,2,4,6-9H2,(H2,16,18);1H. The van der Waals surface area contributed by atoms with E-state index >= 15 is 0 Å². The Kier molecular flexibility index (Phi) is 3.61. The van der Waals surface area contributed by atoms with Crippen molar-refractivity contribution in [3.05, 3.63) is 23.8 Å². The van der Waals surface area contributed by atoms with E-state index in [1.807, 2.05) is 0 Å². The number of rotatable bonds is 2. The molecule has 2 atom stereocenters. The lowest BCUT2D eigenvalue weighted by molar-refractivity contribution is 0.382. The van der Waals surface area contributed by atoms with Crippen LogP contribution in [0.25, 0.3) is 11.0 Å². The second-order valence-electron chi connectivity index (χ2n) is 5.85. The van der Waals surface area contributed by atoms with E-state index < -0.39 is 0 Å². The van der Waals surface area contributed by atoms with E-state index in [9.17, 15) is 0 Å². The molecule has 0 aliphatic carbocycles. The molecule has 0 saturated carbocycles. The number of aryl methyl sites for hydroxylation is 1. The monoisotopic (exact) mass is 292 g/mol. The van der Waals surface area contributed by atoms with Gasteiger partial charge in [0, 0.05) is 12.1 Å². The molecule has 0 spiro atoms. The van der Waals surface area contributed by atoms with E-state index in [0.717, 1.165) is 11.9 Å². The summed E-state index contributed by atoms with van der Waals surface area (Å²) < 4.78 is 2.29. The van der Waals surface area contributed by atoms with Crippen LogP contribution in [0, 0.1) is 0 Å². The molecule has 5 heteroatoms. The molecule has 108 valence electrons. The first-order valence-corrected chi connectivity index (χ1v) is 7.31. The molecule has 2 aliphatic rings. The summed E-state index contributed by atoms with van der Waals surface area (Å²) in [5.41, 5.74) is 9.89. The Morgan fingerprint density at radius 2 is 2.25 bits per heavy atom. The van der Waals surface area contributed by atoms with Crippen LogP contribution in [-0.2, 0) is 6.42 Å². The highest BCUT2D eigenvalue weighted by molar-refractivity contribution is 5.85. The lowest BCUT2D eigenvalue weighted by Gasteiger charge is -2.28. The molecular formula is C15H21ClN4. The molecular weight excluding hydrogens is 272 g/mol. The Balaban J connectivity index is 0.00000121. The third-order valence-corrected chi connectivity index (χ3v) is 4.65. The second kappa shape index (κ2) is 5.26. The maximum Gasteiger partial charge on any atom is 0.201 e. The van der Waals surface area contributed by atoms with Gasteiger partial charge in [-0.2, -0.15) is 0 Å². The molecule has 1 aromatic carbocycles. The van der Waals surface area contributed by atoms with Gasteiger partial charge in [0.15, 0.2) is 0 Å². The molecule has 3 heterocycles. The number of halogens is 1. The molecule has 2 aromatic rings. The lowest BCUT2D eigenvalue weighted by Crippen LogP contribution is -2.28. The van der Waals surface area contributed by atoms with Crippen molar-refractivity contribution in [2.75, 3.05) is 12.3 Å². The number of aromatic nitrogens is 2. The van der Waals surface area contributed by atoms with Gasteiger partial charge < -0.3 is 15.6 Å². The summed E-state index contributed by atoms with van der Waals surface area (Å²) in [6, 6.07) is 7.54. The van der Waals surface area contributed by atoms with Gasteiger partial charge in [-0.05, 0) is 50.3 Å². The molecule has 1 fully saturated rings. The summed E-state index contributed by atoms with van der Waals surface area (Å²) in [6.45, 7) is 1.17. The Hall–Kier alpha value is -1.26. The van der Waals surface area contributed by atoms with E-state index in [-0.39, 0.29) is 12.4 Å². The highest BCUT2D eigenvalue weighted by Crippen LogP contribution is 2.36. The number of imidazole rings is 1. The number of benzene rings is 1. The third kappa shape index (κ3) is 2.07. The summed E-state index contributed by atoms with van der Waals surface area (Å²) in [5.74, 6) is 0.685. The number of nitrogens with two attached hydrogens (primary N) is 1. The summed E-state index contributed by atoms with van der Waals surface area (Å²) in [4.78, 5) is 4.53. The van der Waals surface area contributed by atoms with Gasteiger partial charge in [-0.25, -0.2) is 4.98 Å². The predicted octanol–water partition coefficient (Wildman–Crippen LogP) is 2.67. The zero-order chi connectivity index (χ0) is 12.8. The zero-order valence-corrected chi connectivity index (χ0v) is 12.3. The predicted molar refractivity (Wildman–Crippen MR) is 84.4 cm³/mol. The van der Waals surface area contributed by atoms with Crippen molar-refractivity contribution in [3.63, 3.8) is 0 Å². The first-order chi connectivity index (χ1) is 9.33. The maximum absolute atomic E-state index is 6.16. The number of nitrogens with one attached hydrogen (secondary N) is 1. The fraction of sp³-hybridized carbons (Fsp3) is 0.533. The lowest BCUT2D eigenvalue weighted by atomic mass is 9.94. The quantitative estimate of drug-likeness (QED) is 0.895. The van der Waals surface area contributed by atoms with Crippen LogP contribution in [0.15, 0.2) is 18.2 Å². The Labute approximate surface area is 125 Å². The van der Waals surface area contributed by atoms with Crippen LogP contribution in [0.1, 0.15) is 37.3 Å². The maximum atomic E-state index is 6.16. The Morgan fingerprint density at radius 1 is 1.35 bits per heavy atom. The SMILES string of the molecule is Cl.Nc1nc2cccc3c2n1C(CC1CCCN1)CC3. The van der Waals surface area contributed by atoms with E-state index in [0.29, 0.717) is 18.0 Å². The molecule has 4 rings (SSSR count). The fourth-order valence-corrected chi connectivity index (χ4v) is 3.77. The van der Waals surface area contributed by atoms with Gasteiger partial charge in [0.05, 0.1) is 11.0 Å². The van der Waals surface area contributed by atoms with Crippen LogP contribution < -0.4 is 11.1 Å². The van der Waals surface area contributed by atoms with Crippen LogP contribution in [0.2, 0.25) is 0 Å². The normalized spacial score (nSPS) is 24.8. The molecule has 4 nitrogen and oxygen atoms in total. The number of nitrogen functional groups attached to an aromatic ring is 1. The number of anilines is 1. The fourth-order valence-electron chi connectivity index (χ4n) is 3.77. The molecule has 0 amide bonds. The molecule has 0 bridgehead atoms. The van der Waals surface area contributed by atoms with Gasteiger partial charge >= 0.3 is 0 Å². The van der Waals surface area contributed by atoms with Crippen molar-refractivity contribution in [3.8, 4) is 0 Å². The van der Waals surface area contributed by atoms with E-state index in [4.69, 9.17) is 5.73 Å². The van der Waals surface area contributed by atoms with Crippen LogP contribution in [0.3, 0.4) is 0 Å². The molecule has 20 heavy (non-hydrogen) atoms. The van der Waals surface area contributed by atoms with Crippen molar-refractivity contribution in [2.45, 2.75) is 44.2 Å². The smallest absolute Gasteiger partial charge is 0.201 e. The van der Waals surface area contributed by atoms with E-state index in [1.165, 1.54) is 43.3 Å².